The molecule has 0 saturated heterocycles. The van der Waals surface area contributed by atoms with Crippen LogP contribution in [-0.4, -0.2) is 13.1 Å². The molecule has 0 aliphatic heterocycles. The topological polar surface area (TPSA) is 26.3 Å². The van der Waals surface area contributed by atoms with Gasteiger partial charge in [-0.2, -0.15) is 0 Å². The predicted molar refractivity (Wildman–Crippen MR) is 60.9 cm³/mol. The number of ether oxygens (including phenoxy) is 1. The van der Waals surface area contributed by atoms with Gasteiger partial charge in [-0.1, -0.05) is 13.8 Å². The van der Waals surface area contributed by atoms with Gasteiger partial charge < -0.3 is 4.74 Å². The second-order valence-corrected chi connectivity index (χ2v) is 4.34. The van der Waals surface area contributed by atoms with Crippen LogP contribution in [0.25, 0.3) is 0 Å². The van der Waals surface area contributed by atoms with Gasteiger partial charge in [0.25, 0.3) is 0 Å². The normalized spacial score (nSPS) is 10.7. The van der Waals surface area contributed by atoms with E-state index in [0.717, 1.165) is 12.1 Å². The molecule has 0 bridgehead atoms. The van der Waals surface area contributed by atoms with Crippen molar-refractivity contribution in [3.05, 3.63) is 34.9 Å². The molecule has 17 heavy (non-hydrogen) atoms. The molecule has 0 amide bonds. The first kappa shape index (κ1) is 13.6. The van der Waals surface area contributed by atoms with Gasteiger partial charge in [0.05, 0.1) is 12.7 Å². The van der Waals surface area contributed by atoms with E-state index in [0.29, 0.717) is 18.8 Å². The first-order chi connectivity index (χ1) is 7.95. The van der Waals surface area contributed by atoms with Crippen LogP contribution in [-0.2, 0) is 11.2 Å². The van der Waals surface area contributed by atoms with Crippen molar-refractivity contribution >= 4 is 5.97 Å². The Morgan fingerprint density at radius 1 is 1.29 bits per heavy atom. The number of hydrogen-bond acceptors (Lipinski definition) is 2. The van der Waals surface area contributed by atoms with Gasteiger partial charge in [-0.25, -0.2) is 13.6 Å². The van der Waals surface area contributed by atoms with Crippen molar-refractivity contribution in [3.8, 4) is 0 Å². The van der Waals surface area contributed by atoms with E-state index in [9.17, 15) is 13.6 Å². The van der Waals surface area contributed by atoms with Crippen LogP contribution in [0.5, 0.6) is 0 Å². The van der Waals surface area contributed by atoms with Gasteiger partial charge in [-0.3, -0.25) is 0 Å². The van der Waals surface area contributed by atoms with Crippen LogP contribution in [0.4, 0.5) is 8.78 Å². The Morgan fingerprint density at radius 2 is 1.82 bits per heavy atom. The van der Waals surface area contributed by atoms with Gasteiger partial charge in [0, 0.05) is 5.56 Å². The molecule has 94 valence electrons. The Balaban J connectivity index is 2.98. The zero-order valence-corrected chi connectivity index (χ0v) is 10.2. The van der Waals surface area contributed by atoms with Gasteiger partial charge in [-0.15, -0.1) is 0 Å². The molecule has 0 heterocycles. The maximum atomic E-state index is 13.6. The molecule has 0 fully saturated rings. The molecular weight excluding hydrogens is 226 g/mol. The number of hydrogen-bond donors (Lipinski definition) is 0. The third kappa shape index (κ3) is 3.51. The second-order valence-electron chi connectivity index (χ2n) is 4.34. The molecular formula is C13H16F2O2. The molecule has 1 rings (SSSR count). The minimum absolute atomic E-state index is 0.0337. The van der Waals surface area contributed by atoms with Crippen molar-refractivity contribution in [2.24, 2.45) is 5.92 Å². The summed E-state index contributed by atoms with van der Waals surface area (Å²) in [5, 5.41) is 0. The van der Waals surface area contributed by atoms with Crippen LogP contribution in [0.15, 0.2) is 12.1 Å². The molecule has 0 aliphatic rings. The number of esters is 1. The summed E-state index contributed by atoms with van der Waals surface area (Å²) in [5.74, 6) is -1.75. The van der Waals surface area contributed by atoms with Gasteiger partial charge in [0.2, 0.25) is 0 Å². The second kappa shape index (κ2) is 5.75. The van der Waals surface area contributed by atoms with Crippen molar-refractivity contribution in [3.63, 3.8) is 0 Å². The zero-order chi connectivity index (χ0) is 13.0. The molecule has 4 heteroatoms. The van der Waals surface area contributed by atoms with E-state index in [1.807, 2.05) is 13.8 Å². The summed E-state index contributed by atoms with van der Waals surface area (Å²) in [6.07, 6.45) is 1.03. The fraction of sp³-hybridized carbons (Fsp3) is 0.462. The summed E-state index contributed by atoms with van der Waals surface area (Å²) in [6, 6.07) is 2.04. The smallest absolute Gasteiger partial charge is 0.338 e. The van der Waals surface area contributed by atoms with E-state index in [2.05, 4.69) is 4.74 Å². The lowest BCUT2D eigenvalue weighted by Gasteiger charge is -2.08. The predicted octanol–water partition coefficient (Wildman–Crippen LogP) is 3.34. The number of methoxy groups -OCH3 is 1. The minimum Gasteiger partial charge on any atom is -0.465 e. The molecule has 0 unspecified atom stereocenters. The summed E-state index contributed by atoms with van der Waals surface area (Å²) in [7, 11) is 1.17. The first-order valence-electron chi connectivity index (χ1n) is 5.52. The minimum atomic E-state index is -0.738. The van der Waals surface area contributed by atoms with Gasteiger partial charge >= 0.3 is 5.97 Å². The third-order valence-corrected chi connectivity index (χ3v) is 2.53. The molecule has 0 radical (unpaired) electrons. The number of rotatable bonds is 4. The molecule has 1 aromatic carbocycles. The number of halogens is 2. The summed E-state index contributed by atoms with van der Waals surface area (Å²) in [5.41, 5.74) is -0.0675. The molecule has 1 aromatic rings. The lowest BCUT2D eigenvalue weighted by Crippen LogP contribution is -2.06. The average Bonchev–Trinajstić information content (AvgIpc) is 2.26. The van der Waals surface area contributed by atoms with E-state index in [4.69, 9.17) is 0 Å². The monoisotopic (exact) mass is 242 g/mol. The van der Waals surface area contributed by atoms with Gasteiger partial charge in [0.15, 0.2) is 0 Å². The highest BCUT2D eigenvalue weighted by molar-refractivity contribution is 5.89. The van der Waals surface area contributed by atoms with Crippen molar-refractivity contribution in [1.29, 1.82) is 0 Å². The Bertz CT molecular complexity index is 391. The van der Waals surface area contributed by atoms with Crippen molar-refractivity contribution in [2.45, 2.75) is 26.7 Å². The molecule has 0 saturated carbocycles. The Morgan fingerprint density at radius 3 is 2.24 bits per heavy atom. The Kier molecular flexibility index (Phi) is 4.61. The van der Waals surface area contributed by atoms with Crippen LogP contribution in [0.1, 0.15) is 36.2 Å². The maximum absolute atomic E-state index is 13.6. The van der Waals surface area contributed by atoms with Crippen LogP contribution >= 0.6 is 0 Å². The molecule has 0 spiro atoms. The molecule has 0 aliphatic carbocycles. The standard InChI is InChI=1S/C13H16F2O2/c1-8(2)4-5-10-11(14)6-9(7-12(10)15)13(16)17-3/h6-8H,4-5H2,1-3H3. The van der Waals surface area contributed by atoms with Gasteiger partial charge in [-0.05, 0) is 30.9 Å². The number of benzene rings is 1. The molecule has 0 atom stereocenters. The van der Waals surface area contributed by atoms with Crippen molar-refractivity contribution in [2.75, 3.05) is 7.11 Å². The van der Waals surface area contributed by atoms with Crippen LogP contribution in [0.2, 0.25) is 0 Å². The first-order valence-corrected chi connectivity index (χ1v) is 5.52. The third-order valence-electron chi connectivity index (χ3n) is 2.53. The van der Waals surface area contributed by atoms with E-state index < -0.39 is 17.6 Å². The van der Waals surface area contributed by atoms with Crippen molar-refractivity contribution < 1.29 is 18.3 Å². The number of carbonyl (C=O) groups excluding carboxylic acids is 1. The molecule has 0 N–H and O–H groups in total. The van der Waals surface area contributed by atoms with Gasteiger partial charge in [0.1, 0.15) is 11.6 Å². The van der Waals surface area contributed by atoms with E-state index in [1.54, 1.807) is 0 Å². The fourth-order valence-electron chi connectivity index (χ4n) is 1.51. The Labute approximate surface area is 99.6 Å². The summed E-state index contributed by atoms with van der Waals surface area (Å²) in [4.78, 5) is 11.1. The van der Waals surface area contributed by atoms with E-state index in [-0.39, 0.29) is 11.1 Å². The fourth-order valence-corrected chi connectivity index (χ4v) is 1.51. The average molecular weight is 242 g/mol. The zero-order valence-electron chi connectivity index (χ0n) is 10.2. The summed E-state index contributed by atoms with van der Waals surface area (Å²) in [6.45, 7) is 3.97. The highest BCUT2D eigenvalue weighted by Gasteiger charge is 2.15. The van der Waals surface area contributed by atoms with E-state index in [1.165, 1.54) is 7.11 Å². The van der Waals surface area contributed by atoms with Crippen LogP contribution in [0, 0.1) is 17.6 Å². The SMILES string of the molecule is COC(=O)c1cc(F)c(CCC(C)C)c(F)c1. The Hall–Kier alpha value is -1.45. The lowest BCUT2D eigenvalue weighted by atomic mass is 10.0. The van der Waals surface area contributed by atoms with Crippen LogP contribution in [0.3, 0.4) is 0 Å². The van der Waals surface area contributed by atoms with E-state index >= 15 is 0 Å². The lowest BCUT2D eigenvalue weighted by molar-refractivity contribution is 0.0599. The highest BCUT2D eigenvalue weighted by Crippen LogP contribution is 2.19. The largest absolute Gasteiger partial charge is 0.465 e. The maximum Gasteiger partial charge on any atom is 0.338 e. The summed E-state index contributed by atoms with van der Waals surface area (Å²) >= 11 is 0. The van der Waals surface area contributed by atoms with Crippen LogP contribution < -0.4 is 0 Å². The quantitative estimate of drug-likeness (QED) is 0.757. The molecule has 0 aromatic heterocycles. The highest BCUT2D eigenvalue weighted by atomic mass is 19.1. The molecule has 2 nitrogen and oxygen atoms in total. The van der Waals surface area contributed by atoms with Crippen molar-refractivity contribution in [1.82, 2.24) is 0 Å². The number of carbonyl (C=O) groups is 1. The summed E-state index contributed by atoms with van der Waals surface area (Å²) < 4.78 is 31.6.